The van der Waals surface area contributed by atoms with Crippen molar-refractivity contribution < 1.29 is 9.66 Å². The van der Waals surface area contributed by atoms with Crippen LogP contribution in [0.25, 0.3) is 0 Å². The highest BCUT2D eigenvalue weighted by molar-refractivity contribution is 5.62. The molecule has 0 saturated heterocycles. The van der Waals surface area contributed by atoms with Crippen molar-refractivity contribution in [1.82, 2.24) is 0 Å². The van der Waals surface area contributed by atoms with Crippen LogP contribution in [-0.4, -0.2) is 24.7 Å². The van der Waals surface area contributed by atoms with Crippen molar-refractivity contribution >= 4 is 11.4 Å². The molecule has 0 bridgehead atoms. The minimum absolute atomic E-state index is 0.0925. The van der Waals surface area contributed by atoms with Crippen LogP contribution in [0.5, 0.6) is 0 Å². The maximum absolute atomic E-state index is 10.9. The van der Waals surface area contributed by atoms with E-state index in [0.717, 1.165) is 11.1 Å². The number of ether oxygens (including phenoxy) is 1. The first-order chi connectivity index (χ1) is 8.50. The molecule has 98 valence electrons. The van der Waals surface area contributed by atoms with E-state index in [-0.39, 0.29) is 10.6 Å². The number of hydrogen-bond donors (Lipinski definition) is 1. The van der Waals surface area contributed by atoms with Crippen molar-refractivity contribution in [2.24, 2.45) is 0 Å². The van der Waals surface area contributed by atoms with E-state index in [4.69, 9.17) is 4.74 Å². The Morgan fingerprint density at radius 3 is 2.89 bits per heavy atom. The summed E-state index contributed by atoms with van der Waals surface area (Å²) in [7, 11) is 0. The SMILES string of the molecule is C=C(C)COCCNc1ccc(C)cc1[N+](=O)[O-]. The normalized spacial score (nSPS) is 10.1. The number of nitro benzene ring substituents is 1. The van der Waals surface area contributed by atoms with Crippen molar-refractivity contribution in [2.75, 3.05) is 25.1 Å². The highest BCUT2D eigenvalue weighted by atomic mass is 16.6. The summed E-state index contributed by atoms with van der Waals surface area (Å²) in [5.74, 6) is 0. The van der Waals surface area contributed by atoms with Gasteiger partial charge in [-0.15, -0.1) is 0 Å². The molecule has 0 aliphatic rings. The lowest BCUT2D eigenvalue weighted by molar-refractivity contribution is -0.384. The second-order valence-corrected chi connectivity index (χ2v) is 4.21. The minimum Gasteiger partial charge on any atom is -0.377 e. The van der Waals surface area contributed by atoms with Gasteiger partial charge in [0.2, 0.25) is 0 Å². The molecule has 0 aliphatic heterocycles. The molecule has 0 unspecified atom stereocenters. The summed E-state index contributed by atoms with van der Waals surface area (Å²) < 4.78 is 5.31. The van der Waals surface area contributed by atoms with Crippen LogP contribution in [0.4, 0.5) is 11.4 Å². The van der Waals surface area contributed by atoms with E-state index in [1.54, 1.807) is 12.1 Å². The average molecular weight is 250 g/mol. The fourth-order valence-electron chi connectivity index (χ4n) is 1.45. The predicted octanol–water partition coefficient (Wildman–Crippen LogP) is 2.91. The molecule has 0 radical (unpaired) electrons. The number of aryl methyl sites for hydroxylation is 1. The van der Waals surface area contributed by atoms with Gasteiger partial charge in [-0.1, -0.05) is 18.2 Å². The van der Waals surface area contributed by atoms with Crippen molar-refractivity contribution in [3.8, 4) is 0 Å². The summed E-state index contributed by atoms with van der Waals surface area (Å²) in [6, 6.07) is 5.10. The third-order valence-electron chi connectivity index (χ3n) is 2.26. The van der Waals surface area contributed by atoms with E-state index in [9.17, 15) is 10.1 Å². The first kappa shape index (κ1) is 14.2. The fourth-order valence-corrected chi connectivity index (χ4v) is 1.45. The van der Waals surface area contributed by atoms with Crippen molar-refractivity contribution in [1.29, 1.82) is 0 Å². The lowest BCUT2D eigenvalue weighted by Gasteiger charge is -2.08. The third-order valence-corrected chi connectivity index (χ3v) is 2.26. The average Bonchev–Trinajstić information content (AvgIpc) is 2.29. The number of hydrogen-bond acceptors (Lipinski definition) is 4. The topological polar surface area (TPSA) is 64.4 Å². The lowest BCUT2D eigenvalue weighted by atomic mass is 10.2. The van der Waals surface area contributed by atoms with Crippen LogP contribution in [0.3, 0.4) is 0 Å². The Morgan fingerprint density at radius 1 is 1.56 bits per heavy atom. The maximum Gasteiger partial charge on any atom is 0.292 e. The van der Waals surface area contributed by atoms with Crippen LogP contribution in [-0.2, 0) is 4.74 Å². The molecule has 1 N–H and O–H groups in total. The largest absolute Gasteiger partial charge is 0.377 e. The molecule has 1 aromatic rings. The molecule has 1 aromatic carbocycles. The van der Waals surface area contributed by atoms with Gasteiger partial charge in [0, 0.05) is 12.6 Å². The third kappa shape index (κ3) is 4.55. The quantitative estimate of drug-likeness (QED) is 0.350. The minimum atomic E-state index is -0.385. The van der Waals surface area contributed by atoms with Gasteiger partial charge in [-0.25, -0.2) is 0 Å². The Balaban J connectivity index is 2.51. The van der Waals surface area contributed by atoms with Gasteiger partial charge in [-0.2, -0.15) is 0 Å². The summed E-state index contributed by atoms with van der Waals surface area (Å²) in [4.78, 5) is 10.5. The first-order valence-corrected chi connectivity index (χ1v) is 5.71. The Hall–Kier alpha value is -1.88. The number of nitrogens with one attached hydrogen (secondary N) is 1. The van der Waals surface area contributed by atoms with Crippen molar-refractivity contribution in [3.63, 3.8) is 0 Å². The zero-order valence-electron chi connectivity index (χ0n) is 10.7. The van der Waals surface area contributed by atoms with E-state index >= 15 is 0 Å². The summed E-state index contributed by atoms with van der Waals surface area (Å²) in [6.07, 6.45) is 0. The summed E-state index contributed by atoms with van der Waals surface area (Å²) in [5.41, 5.74) is 2.43. The van der Waals surface area contributed by atoms with Crippen molar-refractivity contribution in [2.45, 2.75) is 13.8 Å². The van der Waals surface area contributed by atoms with Crippen LogP contribution in [0.1, 0.15) is 12.5 Å². The van der Waals surface area contributed by atoms with Gasteiger partial charge in [0.25, 0.3) is 5.69 Å². The maximum atomic E-state index is 10.9. The number of nitrogens with zero attached hydrogens (tertiary/aromatic N) is 1. The van der Waals surface area contributed by atoms with Gasteiger partial charge in [0.15, 0.2) is 0 Å². The molecule has 0 heterocycles. The molecule has 0 aliphatic carbocycles. The second-order valence-electron chi connectivity index (χ2n) is 4.21. The van der Waals surface area contributed by atoms with Crippen LogP contribution >= 0.6 is 0 Å². The van der Waals surface area contributed by atoms with Gasteiger partial charge in [-0.05, 0) is 25.5 Å². The monoisotopic (exact) mass is 250 g/mol. The zero-order valence-corrected chi connectivity index (χ0v) is 10.7. The highest BCUT2D eigenvalue weighted by Gasteiger charge is 2.12. The van der Waals surface area contributed by atoms with Gasteiger partial charge in [0.1, 0.15) is 5.69 Å². The molecule has 0 fully saturated rings. The van der Waals surface area contributed by atoms with Gasteiger partial charge >= 0.3 is 0 Å². The van der Waals surface area contributed by atoms with Gasteiger partial charge < -0.3 is 10.1 Å². The van der Waals surface area contributed by atoms with Crippen LogP contribution in [0.15, 0.2) is 30.4 Å². The van der Waals surface area contributed by atoms with E-state index in [2.05, 4.69) is 11.9 Å². The molecule has 5 heteroatoms. The van der Waals surface area contributed by atoms with Crippen molar-refractivity contribution in [3.05, 3.63) is 46.0 Å². The number of benzene rings is 1. The first-order valence-electron chi connectivity index (χ1n) is 5.71. The van der Waals surface area contributed by atoms with E-state index < -0.39 is 0 Å². The standard InChI is InChI=1S/C13H18N2O3/c1-10(2)9-18-7-6-14-12-5-4-11(3)8-13(12)15(16)17/h4-5,8,14H,1,6-7,9H2,2-3H3. The van der Waals surface area contributed by atoms with E-state index in [0.29, 0.717) is 25.4 Å². The lowest BCUT2D eigenvalue weighted by Crippen LogP contribution is -2.11. The molecule has 0 atom stereocenters. The summed E-state index contributed by atoms with van der Waals surface area (Å²) >= 11 is 0. The number of nitro groups is 1. The molecule has 0 aromatic heterocycles. The van der Waals surface area contributed by atoms with E-state index in [1.165, 1.54) is 0 Å². The molecular weight excluding hydrogens is 232 g/mol. The molecule has 18 heavy (non-hydrogen) atoms. The van der Waals surface area contributed by atoms with Crippen LogP contribution < -0.4 is 5.32 Å². The van der Waals surface area contributed by atoms with Crippen LogP contribution in [0.2, 0.25) is 0 Å². The summed E-state index contributed by atoms with van der Waals surface area (Å²) in [6.45, 7) is 8.96. The molecule has 0 amide bonds. The Labute approximate surface area is 107 Å². The number of anilines is 1. The highest BCUT2D eigenvalue weighted by Crippen LogP contribution is 2.24. The number of rotatable bonds is 7. The van der Waals surface area contributed by atoms with E-state index in [1.807, 2.05) is 19.9 Å². The molecule has 0 spiro atoms. The molecular formula is C13H18N2O3. The Bertz CT molecular complexity index is 444. The molecule has 1 rings (SSSR count). The Kier molecular flexibility index (Phi) is 5.32. The van der Waals surface area contributed by atoms with Crippen LogP contribution in [0, 0.1) is 17.0 Å². The zero-order chi connectivity index (χ0) is 13.5. The predicted molar refractivity (Wildman–Crippen MR) is 72.0 cm³/mol. The van der Waals surface area contributed by atoms with Gasteiger partial charge in [-0.3, -0.25) is 10.1 Å². The summed E-state index contributed by atoms with van der Waals surface area (Å²) in [5, 5.41) is 13.9. The molecule has 5 nitrogen and oxygen atoms in total. The fraction of sp³-hybridized carbons (Fsp3) is 0.385. The molecule has 0 saturated carbocycles. The smallest absolute Gasteiger partial charge is 0.292 e. The Morgan fingerprint density at radius 2 is 2.28 bits per heavy atom. The second kappa shape index (κ2) is 6.76. The van der Waals surface area contributed by atoms with Gasteiger partial charge in [0.05, 0.1) is 18.1 Å².